The highest BCUT2D eigenvalue weighted by atomic mass is 32.2. The molecule has 2 aromatic carbocycles. The minimum Gasteiger partial charge on any atom is -0.369 e. The average molecular weight is 395 g/mol. The highest BCUT2D eigenvalue weighted by molar-refractivity contribution is 7.89. The molecule has 0 radical (unpaired) electrons. The van der Waals surface area contributed by atoms with E-state index in [1.54, 1.807) is 0 Å². The molecule has 27 heavy (non-hydrogen) atoms. The predicted molar refractivity (Wildman–Crippen MR) is 101 cm³/mol. The Labute approximate surface area is 158 Å². The summed E-state index contributed by atoms with van der Waals surface area (Å²) in [6.45, 7) is 4.12. The second kappa shape index (κ2) is 8.33. The number of benzene rings is 2. The lowest BCUT2D eigenvalue weighted by atomic mass is 10.1. The first kappa shape index (κ1) is 19.7. The van der Waals surface area contributed by atoms with E-state index in [2.05, 4.69) is 21.6 Å². The van der Waals surface area contributed by atoms with Crippen molar-refractivity contribution in [3.8, 4) is 0 Å². The third-order valence-electron chi connectivity index (χ3n) is 4.69. The van der Waals surface area contributed by atoms with Crippen molar-refractivity contribution in [3.05, 3.63) is 59.7 Å². The van der Waals surface area contributed by atoms with Crippen molar-refractivity contribution in [2.45, 2.75) is 11.3 Å². The van der Waals surface area contributed by atoms with Gasteiger partial charge in [-0.1, -0.05) is 12.1 Å². The summed E-state index contributed by atoms with van der Waals surface area (Å²) in [5, 5.41) is 0. The molecule has 0 aliphatic carbocycles. The summed E-state index contributed by atoms with van der Waals surface area (Å²) in [4.78, 5) is 3.94. The van der Waals surface area contributed by atoms with E-state index < -0.39 is 26.6 Å². The van der Waals surface area contributed by atoms with Crippen LogP contribution in [-0.2, 0) is 16.4 Å². The molecule has 1 aliphatic heterocycles. The van der Waals surface area contributed by atoms with Gasteiger partial charge in [0.05, 0.1) is 0 Å². The lowest BCUT2D eigenvalue weighted by molar-refractivity contribution is 0.313. The highest BCUT2D eigenvalue weighted by Crippen LogP contribution is 2.18. The quantitative estimate of drug-likeness (QED) is 0.815. The van der Waals surface area contributed by atoms with Crippen molar-refractivity contribution in [2.75, 3.05) is 44.7 Å². The van der Waals surface area contributed by atoms with Gasteiger partial charge in [-0.25, -0.2) is 21.9 Å². The van der Waals surface area contributed by atoms with Crippen LogP contribution in [0.4, 0.5) is 14.5 Å². The molecule has 1 N–H and O–H groups in total. The summed E-state index contributed by atoms with van der Waals surface area (Å²) in [6.07, 6.45) is 0.458. The molecule has 0 spiro atoms. The standard InChI is InChI=1S/C19H23F2N3O2S/c1-23-10-12-24(13-11-23)17-5-2-15(3-6-17)8-9-22-27(25,26)19-14-16(20)4-7-18(19)21/h2-7,14,22H,8-13H2,1H3. The fraction of sp³-hybridized carbons (Fsp3) is 0.368. The van der Waals surface area contributed by atoms with Gasteiger partial charge in [0.15, 0.2) is 0 Å². The Bertz CT molecular complexity index is 880. The highest BCUT2D eigenvalue weighted by Gasteiger charge is 2.19. The average Bonchev–Trinajstić information content (AvgIpc) is 2.65. The third-order valence-corrected chi connectivity index (χ3v) is 6.17. The number of hydrogen-bond acceptors (Lipinski definition) is 4. The van der Waals surface area contributed by atoms with Gasteiger partial charge in [-0.15, -0.1) is 0 Å². The molecule has 8 heteroatoms. The van der Waals surface area contributed by atoms with E-state index in [0.717, 1.165) is 49.6 Å². The van der Waals surface area contributed by atoms with Gasteiger partial charge in [0.2, 0.25) is 10.0 Å². The molecule has 146 valence electrons. The largest absolute Gasteiger partial charge is 0.369 e. The first-order valence-electron chi connectivity index (χ1n) is 8.82. The molecule has 0 bridgehead atoms. The molecule has 5 nitrogen and oxygen atoms in total. The maximum Gasteiger partial charge on any atom is 0.243 e. The number of likely N-dealkylation sites (N-methyl/N-ethyl adjacent to an activating group) is 1. The molecule has 0 aromatic heterocycles. The second-order valence-electron chi connectivity index (χ2n) is 6.68. The van der Waals surface area contributed by atoms with E-state index in [1.165, 1.54) is 0 Å². The zero-order valence-electron chi connectivity index (χ0n) is 15.2. The minimum atomic E-state index is -4.09. The number of sulfonamides is 1. The van der Waals surface area contributed by atoms with Crippen LogP contribution in [0.1, 0.15) is 5.56 Å². The normalized spacial score (nSPS) is 15.9. The van der Waals surface area contributed by atoms with Crippen molar-refractivity contribution in [1.82, 2.24) is 9.62 Å². The smallest absolute Gasteiger partial charge is 0.243 e. The number of rotatable bonds is 6. The number of anilines is 1. The van der Waals surface area contributed by atoms with E-state index >= 15 is 0 Å². The van der Waals surface area contributed by atoms with Crippen LogP contribution < -0.4 is 9.62 Å². The predicted octanol–water partition coefficient (Wildman–Crippen LogP) is 2.24. The Kier molecular flexibility index (Phi) is 6.08. The second-order valence-corrected chi connectivity index (χ2v) is 8.41. The molecule has 3 rings (SSSR count). The van der Waals surface area contributed by atoms with Gasteiger partial charge in [0, 0.05) is 38.4 Å². The summed E-state index contributed by atoms with van der Waals surface area (Å²) < 4.78 is 53.5. The van der Waals surface area contributed by atoms with E-state index in [4.69, 9.17) is 0 Å². The molecule has 2 aromatic rings. The summed E-state index contributed by atoms with van der Waals surface area (Å²) in [7, 11) is -1.98. The maximum absolute atomic E-state index is 13.7. The lowest BCUT2D eigenvalue weighted by Gasteiger charge is -2.34. The topological polar surface area (TPSA) is 52.6 Å². The van der Waals surface area contributed by atoms with Crippen molar-refractivity contribution in [3.63, 3.8) is 0 Å². The van der Waals surface area contributed by atoms with Crippen LogP contribution in [-0.4, -0.2) is 53.1 Å². The van der Waals surface area contributed by atoms with Crippen LogP contribution in [0.5, 0.6) is 0 Å². The molecular formula is C19H23F2N3O2S. The number of piperazine rings is 1. The minimum absolute atomic E-state index is 0.103. The zero-order chi connectivity index (χ0) is 19.4. The van der Waals surface area contributed by atoms with Gasteiger partial charge < -0.3 is 9.80 Å². The monoisotopic (exact) mass is 395 g/mol. The molecule has 0 saturated carbocycles. The van der Waals surface area contributed by atoms with Crippen molar-refractivity contribution in [1.29, 1.82) is 0 Å². The summed E-state index contributed by atoms with van der Waals surface area (Å²) in [6, 6.07) is 10.4. The molecule has 1 aliphatic rings. The number of nitrogens with zero attached hydrogens (tertiary/aromatic N) is 2. The maximum atomic E-state index is 13.7. The molecule has 1 heterocycles. The fourth-order valence-corrected chi connectivity index (χ4v) is 4.15. The molecule has 0 amide bonds. The van der Waals surface area contributed by atoms with Gasteiger partial charge in [-0.05, 0) is 49.4 Å². The van der Waals surface area contributed by atoms with Gasteiger partial charge in [-0.2, -0.15) is 0 Å². The Hall–Kier alpha value is -2.03. The van der Waals surface area contributed by atoms with Crippen molar-refractivity contribution >= 4 is 15.7 Å². The number of nitrogens with one attached hydrogen (secondary N) is 1. The van der Waals surface area contributed by atoms with Crippen molar-refractivity contribution in [2.24, 2.45) is 0 Å². The molecule has 1 saturated heterocycles. The van der Waals surface area contributed by atoms with Gasteiger partial charge in [0.1, 0.15) is 16.5 Å². The number of hydrogen-bond donors (Lipinski definition) is 1. The molecule has 1 fully saturated rings. The lowest BCUT2D eigenvalue weighted by Crippen LogP contribution is -2.44. The third kappa shape index (κ3) is 5.03. The van der Waals surface area contributed by atoms with E-state index in [1.807, 2.05) is 24.3 Å². The van der Waals surface area contributed by atoms with Crippen LogP contribution in [0, 0.1) is 11.6 Å². The first-order chi connectivity index (χ1) is 12.8. The number of halogens is 2. The zero-order valence-corrected chi connectivity index (χ0v) is 16.0. The van der Waals surface area contributed by atoms with E-state index in [9.17, 15) is 17.2 Å². The first-order valence-corrected chi connectivity index (χ1v) is 10.3. The van der Waals surface area contributed by atoms with Crippen LogP contribution in [0.15, 0.2) is 47.4 Å². The summed E-state index contributed by atoms with van der Waals surface area (Å²) in [5.74, 6) is -1.77. The SMILES string of the molecule is CN1CCN(c2ccc(CCNS(=O)(=O)c3cc(F)ccc3F)cc2)CC1. The Balaban J connectivity index is 1.56. The Morgan fingerprint density at radius 3 is 2.33 bits per heavy atom. The fourth-order valence-electron chi connectivity index (χ4n) is 3.03. The van der Waals surface area contributed by atoms with E-state index in [-0.39, 0.29) is 6.54 Å². The van der Waals surface area contributed by atoms with Gasteiger partial charge in [0.25, 0.3) is 0 Å². The van der Waals surface area contributed by atoms with Crippen LogP contribution >= 0.6 is 0 Å². The Morgan fingerprint density at radius 2 is 1.67 bits per heavy atom. The summed E-state index contributed by atoms with van der Waals surface area (Å²) >= 11 is 0. The van der Waals surface area contributed by atoms with Crippen molar-refractivity contribution < 1.29 is 17.2 Å². The van der Waals surface area contributed by atoms with Gasteiger partial charge in [-0.3, -0.25) is 0 Å². The molecule has 0 atom stereocenters. The molecular weight excluding hydrogens is 372 g/mol. The van der Waals surface area contributed by atoms with E-state index in [0.29, 0.717) is 12.5 Å². The van der Waals surface area contributed by atoms with Crippen LogP contribution in [0.25, 0.3) is 0 Å². The van der Waals surface area contributed by atoms with Crippen LogP contribution in [0.3, 0.4) is 0 Å². The Morgan fingerprint density at radius 1 is 1.00 bits per heavy atom. The summed E-state index contributed by atoms with van der Waals surface area (Å²) in [5.41, 5.74) is 2.12. The van der Waals surface area contributed by atoms with Gasteiger partial charge >= 0.3 is 0 Å². The molecule has 0 unspecified atom stereocenters. The van der Waals surface area contributed by atoms with Crippen LogP contribution in [0.2, 0.25) is 0 Å².